The van der Waals surface area contributed by atoms with E-state index in [9.17, 15) is 9.59 Å². The summed E-state index contributed by atoms with van der Waals surface area (Å²) in [6.07, 6.45) is 0.861. The first kappa shape index (κ1) is 28.4. The topological polar surface area (TPSA) is 158 Å². The molecule has 8 nitrogen and oxygen atoms in total. The van der Waals surface area contributed by atoms with Gasteiger partial charge in [-0.15, -0.1) is 0 Å². The van der Waals surface area contributed by atoms with Crippen molar-refractivity contribution >= 4 is 43.1 Å². The van der Waals surface area contributed by atoms with Crippen LogP contribution in [0.25, 0.3) is 0 Å². The first-order valence-corrected chi connectivity index (χ1v) is 7.09. The van der Waals surface area contributed by atoms with Crippen molar-refractivity contribution in [3.63, 3.8) is 0 Å². The third kappa shape index (κ3) is 21.6. The molecule has 6 N–H and O–H groups in total. The van der Waals surface area contributed by atoms with E-state index in [0.717, 1.165) is 17.9 Å². The monoisotopic (exact) mass is 347 g/mol. The molecular formula is C11H25NO7S2. The van der Waals surface area contributed by atoms with Crippen LogP contribution >= 0.6 is 24.4 Å². The lowest BCUT2D eigenvalue weighted by molar-refractivity contribution is -0.141. The second-order valence-electron chi connectivity index (χ2n) is 3.17. The molecular weight excluding hydrogens is 322 g/mol. The van der Waals surface area contributed by atoms with Crippen molar-refractivity contribution in [1.29, 1.82) is 0 Å². The summed E-state index contributed by atoms with van der Waals surface area (Å²) in [6.45, 7) is 1.25. The van der Waals surface area contributed by atoms with Gasteiger partial charge in [-0.3, -0.25) is 9.59 Å². The maximum atomic E-state index is 10.2. The molecule has 0 aliphatic carbocycles. The summed E-state index contributed by atoms with van der Waals surface area (Å²) < 4.78 is 0. The standard InChI is InChI=1S/C5H8O2S.C3H7NO2S.CH4O2.CH2O.CH4/c6-5(7)4-1-2-8-3-4;4-2(1-7)3(5)6;2-1-3;1-2;/h4H,1-3H2,(H,6,7);2,7H,1,4H2,(H,5,6);2-3H,1H2;1H2;1H4. The van der Waals surface area contributed by atoms with Crippen LogP contribution in [-0.2, 0) is 14.4 Å². The van der Waals surface area contributed by atoms with Gasteiger partial charge in [0, 0.05) is 11.5 Å². The summed E-state index contributed by atoms with van der Waals surface area (Å²) >= 11 is 5.38. The molecule has 2 unspecified atom stereocenters. The van der Waals surface area contributed by atoms with E-state index < -0.39 is 24.8 Å². The summed E-state index contributed by atoms with van der Waals surface area (Å²) in [6, 6.07) is -0.816. The molecule has 128 valence electrons. The largest absolute Gasteiger partial charge is 0.481 e. The first-order valence-electron chi connectivity index (χ1n) is 5.31. The Morgan fingerprint density at radius 1 is 1.33 bits per heavy atom. The fourth-order valence-corrected chi connectivity index (χ4v) is 2.18. The Morgan fingerprint density at radius 3 is 1.86 bits per heavy atom. The Bertz CT molecular complexity index is 251. The number of carboxylic acids is 2. The van der Waals surface area contributed by atoms with Crippen LogP contribution < -0.4 is 5.73 Å². The van der Waals surface area contributed by atoms with Crippen molar-refractivity contribution in [1.82, 2.24) is 0 Å². The summed E-state index contributed by atoms with van der Waals surface area (Å²) in [5.74, 6) is 0.340. The van der Waals surface area contributed by atoms with Gasteiger partial charge >= 0.3 is 11.9 Å². The normalized spacial score (nSPS) is 16.3. The number of hydrogen-bond donors (Lipinski definition) is 6. The van der Waals surface area contributed by atoms with E-state index in [0.29, 0.717) is 0 Å². The van der Waals surface area contributed by atoms with Gasteiger partial charge < -0.3 is 31.0 Å². The molecule has 1 aliphatic rings. The van der Waals surface area contributed by atoms with E-state index in [4.69, 9.17) is 31.0 Å². The number of aliphatic carboxylic acids is 2. The fraction of sp³-hybridized carbons (Fsp3) is 0.727. The molecule has 2 atom stereocenters. The van der Waals surface area contributed by atoms with Crippen LogP contribution in [0.2, 0.25) is 0 Å². The first-order chi connectivity index (χ1) is 9.40. The number of carboxylic acid groups (broad SMARTS) is 2. The molecule has 1 fully saturated rings. The highest BCUT2D eigenvalue weighted by atomic mass is 32.2. The highest BCUT2D eigenvalue weighted by Gasteiger charge is 2.21. The fourth-order valence-electron chi connectivity index (χ4n) is 0.807. The number of carbonyl (C=O) groups is 3. The Kier molecular flexibility index (Phi) is 29.0. The number of aliphatic hydroxyl groups excluding tert-OH is 1. The molecule has 0 saturated carbocycles. The van der Waals surface area contributed by atoms with E-state index in [2.05, 4.69) is 12.6 Å². The SMILES string of the molecule is C.C=O.NC(CS)C(=O)O.O=C(O)C1CCSC1.OCO. The molecule has 1 saturated heterocycles. The Labute approximate surface area is 134 Å². The van der Waals surface area contributed by atoms with Gasteiger partial charge in [-0.1, -0.05) is 7.43 Å². The zero-order valence-corrected chi connectivity index (χ0v) is 12.6. The van der Waals surface area contributed by atoms with E-state index in [1.54, 1.807) is 11.8 Å². The zero-order chi connectivity index (χ0) is 16.6. The predicted molar refractivity (Wildman–Crippen MR) is 85.7 cm³/mol. The number of carbonyl (C=O) groups excluding carboxylic acids is 1. The Balaban J connectivity index is -0.000000103. The van der Waals surface area contributed by atoms with Gasteiger partial charge in [0.2, 0.25) is 0 Å². The van der Waals surface area contributed by atoms with E-state index in [-0.39, 0.29) is 19.1 Å². The van der Waals surface area contributed by atoms with Crippen LogP contribution in [-0.4, -0.2) is 69.2 Å². The van der Waals surface area contributed by atoms with E-state index in [1.807, 2.05) is 6.79 Å². The average Bonchev–Trinajstić information content (AvgIpc) is 2.96. The number of nitrogens with two attached hydrogens (primary N) is 1. The van der Waals surface area contributed by atoms with Crippen molar-refractivity contribution < 1.29 is 34.8 Å². The van der Waals surface area contributed by atoms with Gasteiger partial charge in [0.1, 0.15) is 19.6 Å². The minimum atomic E-state index is -1.00. The van der Waals surface area contributed by atoms with Crippen LogP contribution in [0.15, 0.2) is 0 Å². The van der Waals surface area contributed by atoms with E-state index in [1.165, 1.54) is 0 Å². The highest BCUT2D eigenvalue weighted by molar-refractivity contribution is 7.99. The lowest BCUT2D eigenvalue weighted by atomic mass is 10.1. The second-order valence-corrected chi connectivity index (χ2v) is 4.68. The molecule has 0 bridgehead atoms. The van der Waals surface area contributed by atoms with Crippen molar-refractivity contribution in [2.24, 2.45) is 11.7 Å². The minimum Gasteiger partial charge on any atom is -0.481 e. The summed E-state index contributed by atoms with van der Waals surface area (Å²) in [4.78, 5) is 27.9. The van der Waals surface area contributed by atoms with Crippen molar-refractivity contribution in [2.45, 2.75) is 19.9 Å². The summed E-state index contributed by atoms with van der Waals surface area (Å²) in [7, 11) is 0. The Hall–Kier alpha value is -0.810. The van der Waals surface area contributed by atoms with Gasteiger partial charge in [-0.05, 0) is 12.2 Å². The van der Waals surface area contributed by atoms with Crippen molar-refractivity contribution in [3.8, 4) is 0 Å². The third-order valence-corrected chi connectivity index (χ3v) is 3.35. The van der Waals surface area contributed by atoms with E-state index >= 15 is 0 Å². The lowest BCUT2D eigenvalue weighted by Crippen LogP contribution is -2.31. The quantitative estimate of drug-likeness (QED) is 0.293. The summed E-state index contributed by atoms with van der Waals surface area (Å²) in [5, 5.41) is 30.7. The van der Waals surface area contributed by atoms with Crippen LogP contribution in [0.3, 0.4) is 0 Å². The number of aliphatic hydroxyl groups is 2. The van der Waals surface area contributed by atoms with Crippen LogP contribution in [0.5, 0.6) is 0 Å². The average molecular weight is 347 g/mol. The van der Waals surface area contributed by atoms with Crippen molar-refractivity contribution in [3.05, 3.63) is 0 Å². The number of hydrogen-bond acceptors (Lipinski definition) is 8. The molecule has 0 radical (unpaired) electrons. The summed E-state index contributed by atoms with van der Waals surface area (Å²) in [5.41, 5.74) is 4.94. The molecule has 0 amide bonds. The molecule has 1 heterocycles. The van der Waals surface area contributed by atoms with Gasteiger partial charge in [-0.25, -0.2) is 0 Å². The van der Waals surface area contributed by atoms with Crippen molar-refractivity contribution in [2.75, 3.05) is 24.1 Å². The number of rotatable bonds is 3. The predicted octanol–water partition coefficient (Wildman–Crippen LogP) is -0.468. The minimum absolute atomic E-state index is 0. The zero-order valence-electron chi connectivity index (χ0n) is 10.8. The number of thiol groups is 1. The van der Waals surface area contributed by atoms with Crippen LogP contribution in [0, 0.1) is 5.92 Å². The molecule has 10 heteroatoms. The molecule has 0 aromatic carbocycles. The van der Waals surface area contributed by atoms with Gasteiger partial charge in [0.25, 0.3) is 0 Å². The third-order valence-electron chi connectivity index (χ3n) is 1.79. The molecule has 1 aliphatic heterocycles. The maximum Gasteiger partial charge on any atom is 0.321 e. The van der Waals surface area contributed by atoms with Gasteiger partial charge in [0.05, 0.1) is 5.92 Å². The highest BCUT2D eigenvalue weighted by Crippen LogP contribution is 2.22. The second kappa shape index (κ2) is 21.5. The smallest absolute Gasteiger partial charge is 0.321 e. The number of thioether (sulfide) groups is 1. The van der Waals surface area contributed by atoms with Crippen LogP contribution in [0.1, 0.15) is 13.8 Å². The van der Waals surface area contributed by atoms with Crippen LogP contribution in [0.4, 0.5) is 0 Å². The molecule has 21 heavy (non-hydrogen) atoms. The van der Waals surface area contributed by atoms with Gasteiger partial charge in [-0.2, -0.15) is 24.4 Å². The molecule has 0 aromatic rings. The molecule has 0 spiro atoms. The maximum absolute atomic E-state index is 10.2. The molecule has 1 rings (SSSR count). The molecule has 0 aromatic heterocycles. The lowest BCUT2D eigenvalue weighted by Gasteiger charge is -1.96. The van der Waals surface area contributed by atoms with Gasteiger partial charge in [0.15, 0.2) is 0 Å². The Morgan fingerprint density at radius 2 is 1.76 bits per heavy atom.